The Morgan fingerprint density at radius 1 is 1.50 bits per heavy atom. The van der Waals surface area contributed by atoms with Crippen LogP contribution in [-0.2, 0) is 4.79 Å². The summed E-state index contributed by atoms with van der Waals surface area (Å²) < 4.78 is 0. The lowest BCUT2D eigenvalue weighted by Crippen LogP contribution is -2.15. The van der Waals surface area contributed by atoms with Gasteiger partial charge in [0.2, 0.25) is 5.91 Å². The Labute approximate surface area is 81.7 Å². The van der Waals surface area contributed by atoms with E-state index in [9.17, 15) is 9.90 Å². The molecule has 14 heavy (non-hydrogen) atoms. The maximum atomic E-state index is 11.5. The zero-order valence-electron chi connectivity index (χ0n) is 7.66. The van der Waals surface area contributed by atoms with Crippen molar-refractivity contribution >= 4 is 11.6 Å². The number of aromatic hydroxyl groups is 1. The van der Waals surface area contributed by atoms with Crippen molar-refractivity contribution in [2.75, 3.05) is 11.9 Å². The lowest BCUT2D eigenvalue weighted by molar-refractivity contribution is -0.117. The van der Waals surface area contributed by atoms with Crippen molar-refractivity contribution in [2.24, 2.45) is 5.73 Å². The topological polar surface area (TPSA) is 75.4 Å². The molecule has 1 aliphatic heterocycles. The van der Waals surface area contributed by atoms with Crippen molar-refractivity contribution in [1.29, 1.82) is 0 Å². The van der Waals surface area contributed by atoms with Gasteiger partial charge in [0.1, 0.15) is 5.75 Å². The SMILES string of the molecule is NCCC1C(=O)Nc2ccc(O)cc21. The van der Waals surface area contributed by atoms with Crippen molar-refractivity contribution in [1.82, 2.24) is 0 Å². The Morgan fingerprint density at radius 2 is 2.29 bits per heavy atom. The van der Waals surface area contributed by atoms with E-state index in [4.69, 9.17) is 5.73 Å². The Bertz CT molecular complexity index is 376. The Kier molecular flexibility index (Phi) is 2.13. The zero-order chi connectivity index (χ0) is 10.1. The molecule has 4 nitrogen and oxygen atoms in total. The summed E-state index contributed by atoms with van der Waals surface area (Å²) in [6.07, 6.45) is 0.613. The minimum absolute atomic E-state index is 0.0314. The van der Waals surface area contributed by atoms with Crippen LogP contribution in [0.15, 0.2) is 18.2 Å². The second kappa shape index (κ2) is 3.31. The summed E-state index contributed by atoms with van der Waals surface area (Å²) in [7, 11) is 0. The molecule has 1 aliphatic rings. The molecular weight excluding hydrogens is 180 g/mol. The monoisotopic (exact) mass is 192 g/mol. The number of hydrogen-bond donors (Lipinski definition) is 3. The second-order valence-corrected chi connectivity index (χ2v) is 3.39. The van der Waals surface area contributed by atoms with Gasteiger partial charge in [-0.1, -0.05) is 0 Å². The predicted octanol–water partition coefficient (Wildman–Crippen LogP) is 0.777. The number of nitrogens with one attached hydrogen (secondary N) is 1. The highest BCUT2D eigenvalue weighted by atomic mass is 16.3. The molecule has 0 spiro atoms. The van der Waals surface area contributed by atoms with Crippen LogP contribution in [0, 0.1) is 0 Å². The van der Waals surface area contributed by atoms with Crippen LogP contribution in [-0.4, -0.2) is 17.6 Å². The van der Waals surface area contributed by atoms with Crippen molar-refractivity contribution in [3.8, 4) is 5.75 Å². The molecule has 0 radical (unpaired) electrons. The molecule has 74 valence electrons. The molecule has 0 fully saturated rings. The molecule has 1 aromatic carbocycles. The van der Waals surface area contributed by atoms with Gasteiger partial charge in [0.25, 0.3) is 0 Å². The number of phenolic OH excluding ortho intramolecular Hbond substituents is 1. The Hall–Kier alpha value is -1.55. The van der Waals surface area contributed by atoms with Crippen molar-refractivity contribution in [2.45, 2.75) is 12.3 Å². The number of fused-ring (bicyclic) bond motifs is 1. The molecule has 4 N–H and O–H groups in total. The first-order chi connectivity index (χ1) is 6.72. The highest BCUT2D eigenvalue weighted by Gasteiger charge is 2.29. The van der Waals surface area contributed by atoms with Crippen molar-refractivity contribution in [3.05, 3.63) is 23.8 Å². The van der Waals surface area contributed by atoms with Gasteiger partial charge >= 0.3 is 0 Å². The Balaban J connectivity index is 2.39. The highest BCUT2D eigenvalue weighted by Crippen LogP contribution is 2.36. The third-order valence-corrected chi connectivity index (χ3v) is 2.44. The lowest BCUT2D eigenvalue weighted by atomic mass is 9.97. The van der Waals surface area contributed by atoms with Crippen molar-refractivity contribution < 1.29 is 9.90 Å². The number of hydrogen-bond acceptors (Lipinski definition) is 3. The molecule has 1 aromatic rings. The average Bonchev–Trinajstić information content (AvgIpc) is 2.45. The first kappa shape index (κ1) is 9.02. The molecule has 2 rings (SSSR count). The number of nitrogens with two attached hydrogens (primary N) is 1. The largest absolute Gasteiger partial charge is 0.508 e. The van der Waals surface area contributed by atoms with E-state index < -0.39 is 0 Å². The molecular formula is C10H12N2O2. The van der Waals surface area contributed by atoms with Crippen LogP contribution >= 0.6 is 0 Å². The van der Waals surface area contributed by atoms with E-state index in [1.165, 1.54) is 0 Å². The molecule has 0 bridgehead atoms. The van der Waals surface area contributed by atoms with E-state index in [-0.39, 0.29) is 17.6 Å². The molecule has 0 saturated heterocycles. The number of amides is 1. The molecule has 1 amide bonds. The van der Waals surface area contributed by atoms with Gasteiger partial charge in [0.15, 0.2) is 0 Å². The third kappa shape index (κ3) is 1.33. The standard InChI is InChI=1S/C10H12N2O2/c11-4-3-7-8-5-6(13)1-2-9(8)12-10(7)14/h1-2,5,7,13H,3-4,11H2,(H,12,14). The maximum Gasteiger partial charge on any atom is 0.232 e. The minimum atomic E-state index is -0.206. The van der Waals surface area contributed by atoms with Crippen molar-refractivity contribution in [3.63, 3.8) is 0 Å². The first-order valence-electron chi connectivity index (χ1n) is 4.56. The molecule has 1 unspecified atom stereocenters. The number of benzene rings is 1. The fourth-order valence-electron chi connectivity index (χ4n) is 1.77. The number of anilines is 1. The van der Waals surface area contributed by atoms with Gasteiger partial charge in [-0.25, -0.2) is 0 Å². The van der Waals surface area contributed by atoms with Crippen LogP contribution < -0.4 is 11.1 Å². The van der Waals surface area contributed by atoms with Gasteiger partial charge in [-0.3, -0.25) is 4.79 Å². The van der Waals surface area contributed by atoms with Crippen LogP contribution in [0.4, 0.5) is 5.69 Å². The summed E-state index contributed by atoms with van der Waals surface area (Å²) in [5, 5.41) is 12.1. The van der Waals surface area contributed by atoms with E-state index in [0.717, 1.165) is 11.3 Å². The number of carbonyl (C=O) groups excluding carboxylic acids is 1. The second-order valence-electron chi connectivity index (χ2n) is 3.39. The van der Waals surface area contributed by atoms with E-state index in [1.54, 1.807) is 18.2 Å². The zero-order valence-corrected chi connectivity index (χ0v) is 7.66. The van der Waals surface area contributed by atoms with Gasteiger partial charge in [-0.15, -0.1) is 0 Å². The van der Waals surface area contributed by atoms with E-state index in [0.29, 0.717) is 13.0 Å². The van der Waals surface area contributed by atoms with Gasteiger partial charge < -0.3 is 16.2 Å². The van der Waals surface area contributed by atoms with Crippen LogP contribution in [0.5, 0.6) is 5.75 Å². The fourth-order valence-corrected chi connectivity index (χ4v) is 1.77. The lowest BCUT2D eigenvalue weighted by Gasteiger charge is -2.06. The summed E-state index contributed by atoms with van der Waals surface area (Å²) >= 11 is 0. The number of rotatable bonds is 2. The summed E-state index contributed by atoms with van der Waals surface area (Å²) in [4.78, 5) is 11.5. The average molecular weight is 192 g/mol. The predicted molar refractivity (Wildman–Crippen MR) is 53.1 cm³/mol. The smallest absolute Gasteiger partial charge is 0.232 e. The quantitative estimate of drug-likeness (QED) is 0.606. The summed E-state index contributed by atoms with van der Waals surface area (Å²) in [6.45, 7) is 0.465. The summed E-state index contributed by atoms with van der Waals surface area (Å²) in [5.41, 5.74) is 7.05. The van der Waals surface area contributed by atoms with Crippen LogP contribution in [0.25, 0.3) is 0 Å². The number of phenols is 1. The first-order valence-corrected chi connectivity index (χ1v) is 4.56. The molecule has 1 atom stereocenters. The van der Waals surface area contributed by atoms with E-state index in [1.807, 2.05) is 0 Å². The normalized spacial score (nSPS) is 19.2. The third-order valence-electron chi connectivity index (χ3n) is 2.44. The molecule has 4 heteroatoms. The molecule has 0 saturated carbocycles. The van der Waals surface area contributed by atoms with Gasteiger partial charge in [-0.2, -0.15) is 0 Å². The molecule has 0 aliphatic carbocycles. The van der Waals surface area contributed by atoms with Crippen LogP contribution in [0.1, 0.15) is 17.9 Å². The summed E-state index contributed by atoms with van der Waals surface area (Å²) in [6, 6.07) is 4.89. The number of carbonyl (C=O) groups is 1. The van der Waals surface area contributed by atoms with Crippen LogP contribution in [0.3, 0.4) is 0 Å². The van der Waals surface area contributed by atoms with E-state index >= 15 is 0 Å². The highest BCUT2D eigenvalue weighted by molar-refractivity contribution is 6.03. The van der Waals surface area contributed by atoms with Gasteiger partial charge in [-0.05, 0) is 36.7 Å². The van der Waals surface area contributed by atoms with Gasteiger partial charge in [0.05, 0.1) is 5.92 Å². The maximum absolute atomic E-state index is 11.5. The molecule has 0 aromatic heterocycles. The van der Waals surface area contributed by atoms with E-state index in [2.05, 4.69) is 5.32 Å². The van der Waals surface area contributed by atoms with Crippen LogP contribution in [0.2, 0.25) is 0 Å². The molecule has 1 heterocycles. The summed E-state index contributed by atoms with van der Waals surface area (Å²) in [5.74, 6) is -0.0552. The van der Waals surface area contributed by atoms with Gasteiger partial charge in [0, 0.05) is 5.69 Å². The minimum Gasteiger partial charge on any atom is -0.508 e. The fraction of sp³-hybridized carbons (Fsp3) is 0.300. The Morgan fingerprint density at radius 3 is 3.00 bits per heavy atom.